The lowest BCUT2D eigenvalue weighted by molar-refractivity contribution is -0.125. The van der Waals surface area contributed by atoms with Crippen LogP contribution in [0, 0.1) is 5.41 Å². The van der Waals surface area contributed by atoms with Crippen LogP contribution in [0.3, 0.4) is 0 Å². The maximum atomic E-state index is 12.6. The normalized spacial score (nSPS) is 11.0. The molecule has 2 aromatic rings. The van der Waals surface area contributed by atoms with Crippen LogP contribution in [0.4, 0.5) is 5.69 Å². The SMILES string of the molecule is CCC(CC)(CN)C(=O)Nc1ccc2ccn(CC(=O)NC)c2c1.Cl. The molecule has 0 saturated carbocycles. The summed E-state index contributed by atoms with van der Waals surface area (Å²) in [4.78, 5) is 24.3. The van der Waals surface area contributed by atoms with Gasteiger partial charge in [-0.05, 0) is 36.4 Å². The molecule has 0 unspecified atom stereocenters. The first-order valence-electron chi connectivity index (χ1n) is 8.30. The minimum atomic E-state index is -0.543. The third kappa shape index (κ3) is 4.32. The summed E-state index contributed by atoms with van der Waals surface area (Å²) in [7, 11) is 1.61. The molecule has 0 fully saturated rings. The number of likely N-dealkylation sites (N-methyl/N-ethyl adjacent to an activating group) is 1. The molecule has 0 bridgehead atoms. The van der Waals surface area contributed by atoms with E-state index in [1.165, 1.54) is 0 Å². The zero-order chi connectivity index (χ0) is 17.7. The average Bonchev–Trinajstić information content (AvgIpc) is 2.99. The summed E-state index contributed by atoms with van der Waals surface area (Å²) in [6.45, 7) is 4.52. The van der Waals surface area contributed by atoms with E-state index in [0.717, 1.165) is 10.9 Å². The van der Waals surface area contributed by atoms with Gasteiger partial charge >= 0.3 is 0 Å². The van der Waals surface area contributed by atoms with Gasteiger partial charge in [-0.1, -0.05) is 19.9 Å². The Kier molecular flexibility index (Phi) is 7.45. The Labute approximate surface area is 154 Å². The first-order valence-corrected chi connectivity index (χ1v) is 8.30. The molecule has 1 heterocycles. The van der Waals surface area contributed by atoms with Gasteiger partial charge in [-0.2, -0.15) is 0 Å². The summed E-state index contributed by atoms with van der Waals surface area (Å²) in [5.41, 5.74) is 6.92. The number of benzene rings is 1. The zero-order valence-corrected chi connectivity index (χ0v) is 15.8. The highest BCUT2D eigenvalue weighted by atomic mass is 35.5. The fourth-order valence-electron chi connectivity index (χ4n) is 2.85. The van der Waals surface area contributed by atoms with E-state index in [1.54, 1.807) is 7.05 Å². The monoisotopic (exact) mass is 366 g/mol. The molecule has 0 aliphatic carbocycles. The Morgan fingerprint density at radius 1 is 1.20 bits per heavy atom. The number of nitrogens with one attached hydrogen (secondary N) is 2. The number of aromatic nitrogens is 1. The van der Waals surface area contributed by atoms with Crippen molar-refractivity contribution in [1.82, 2.24) is 9.88 Å². The van der Waals surface area contributed by atoms with Gasteiger partial charge in [0, 0.05) is 25.5 Å². The van der Waals surface area contributed by atoms with Crippen molar-refractivity contribution in [2.45, 2.75) is 33.2 Å². The van der Waals surface area contributed by atoms with E-state index in [4.69, 9.17) is 5.73 Å². The van der Waals surface area contributed by atoms with Gasteiger partial charge in [-0.25, -0.2) is 0 Å². The maximum absolute atomic E-state index is 12.6. The highest BCUT2D eigenvalue weighted by Crippen LogP contribution is 2.28. The smallest absolute Gasteiger partial charge is 0.239 e. The van der Waals surface area contributed by atoms with Gasteiger partial charge in [0.15, 0.2) is 0 Å². The second-order valence-electron chi connectivity index (χ2n) is 6.04. The van der Waals surface area contributed by atoms with Crippen molar-refractivity contribution in [2.75, 3.05) is 18.9 Å². The number of fused-ring (bicyclic) bond motifs is 1. The van der Waals surface area contributed by atoms with Crippen LogP contribution in [0.5, 0.6) is 0 Å². The molecule has 1 aromatic heterocycles. The predicted octanol–water partition coefficient (Wildman–Crippen LogP) is 2.51. The van der Waals surface area contributed by atoms with Gasteiger partial charge in [0.05, 0.1) is 10.9 Å². The van der Waals surface area contributed by atoms with E-state index in [2.05, 4.69) is 10.6 Å². The highest BCUT2D eigenvalue weighted by molar-refractivity contribution is 5.97. The summed E-state index contributed by atoms with van der Waals surface area (Å²) in [6.07, 6.45) is 3.26. The molecule has 1 aromatic carbocycles. The molecule has 0 aliphatic heterocycles. The minimum absolute atomic E-state index is 0. The summed E-state index contributed by atoms with van der Waals surface area (Å²) in [6, 6.07) is 7.65. The molecular weight excluding hydrogens is 340 g/mol. The van der Waals surface area contributed by atoms with Gasteiger partial charge in [0.1, 0.15) is 6.54 Å². The van der Waals surface area contributed by atoms with E-state index >= 15 is 0 Å². The minimum Gasteiger partial charge on any atom is -0.358 e. The number of anilines is 1. The molecule has 6 nitrogen and oxygen atoms in total. The van der Waals surface area contributed by atoms with Crippen molar-refractivity contribution < 1.29 is 9.59 Å². The first-order chi connectivity index (χ1) is 11.5. The van der Waals surface area contributed by atoms with Gasteiger partial charge in [-0.3, -0.25) is 9.59 Å². The van der Waals surface area contributed by atoms with Crippen molar-refractivity contribution in [1.29, 1.82) is 0 Å². The first kappa shape index (κ1) is 21.0. The van der Waals surface area contributed by atoms with E-state index in [9.17, 15) is 9.59 Å². The number of halogens is 1. The van der Waals surface area contributed by atoms with Crippen molar-refractivity contribution in [3.63, 3.8) is 0 Å². The highest BCUT2D eigenvalue weighted by Gasteiger charge is 2.33. The molecule has 2 amide bonds. The molecule has 7 heteroatoms. The van der Waals surface area contributed by atoms with Crippen molar-refractivity contribution >= 4 is 40.8 Å². The van der Waals surface area contributed by atoms with Crippen LogP contribution in [-0.2, 0) is 16.1 Å². The Morgan fingerprint density at radius 2 is 1.88 bits per heavy atom. The third-order valence-corrected chi connectivity index (χ3v) is 4.85. The molecule has 0 atom stereocenters. The fourth-order valence-corrected chi connectivity index (χ4v) is 2.85. The van der Waals surface area contributed by atoms with Crippen LogP contribution in [0.15, 0.2) is 30.5 Å². The summed E-state index contributed by atoms with van der Waals surface area (Å²) in [5, 5.41) is 6.61. The molecule has 2 rings (SSSR count). The number of rotatable bonds is 7. The summed E-state index contributed by atoms with van der Waals surface area (Å²) < 4.78 is 1.86. The Hall–Kier alpha value is -2.05. The molecule has 0 spiro atoms. The lowest BCUT2D eigenvalue weighted by Gasteiger charge is -2.28. The topological polar surface area (TPSA) is 89.2 Å². The lowest BCUT2D eigenvalue weighted by atomic mass is 9.81. The molecule has 138 valence electrons. The number of carbonyl (C=O) groups is 2. The van der Waals surface area contributed by atoms with Gasteiger partial charge < -0.3 is 20.9 Å². The molecule has 4 N–H and O–H groups in total. The van der Waals surface area contributed by atoms with Crippen molar-refractivity contribution in [2.24, 2.45) is 11.1 Å². The Bertz CT molecular complexity index is 729. The van der Waals surface area contributed by atoms with Crippen LogP contribution in [0.25, 0.3) is 10.9 Å². The fraction of sp³-hybridized carbons (Fsp3) is 0.444. The molecule has 0 aliphatic rings. The largest absolute Gasteiger partial charge is 0.358 e. The lowest BCUT2D eigenvalue weighted by Crippen LogP contribution is -2.41. The van der Waals surface area contributed by atoms with Crippen molar-refractivity contribution in [3.05, 3.63) is 30.5 Å². The second-order valence-corrected chi connectivity index (χ2v) is 6.04. The van der Waals surface area contributed by atoms with Gasteiger partial charge in [0.2, 0.25) is 11.8 Å². The number of carbonyl (C=O) groups excluding carboxylic acids is 2. The van der Waals surface area contributed by atoms with E-state index in [-0.39, 0.29) is 30.8 Å². The van der Waals surface area contributed by atoms with E-state index in [0.29, 0.717) is 25.1 Å². The standard InChI is InChI=1S/C18H26N4O2.ClH/c1-4-18(5-2,12-19)17(24)21-14-7-6-13-8-9-22(15(13)10-14)11-16(23)20-3;/h6-10H,4-5,11-12,19H2,1-3H3,(H,20,23)(H,21,24);1H. The number of amides is 2. The van der Waals surface area contributed by atoms with Crippen LogP contribution in [0.2, 0.25) is 0 Å². The predicted molar refractivity (Wildman–Crippen MR) is 104 cm³/mol. The van der Waals surface area contributed by atoms with Crippen LogP contribution < -0.4 is 16.4 Å². The van der Waals surface area contributed by atoms with Crippen LogP contribution in [-0.4, -0.2) is 30.0 Å². The Morgan fingerprint density at radius 3 is 2.44 bits per heavy atom. The average molecular weight is 367 g/mol. The van der Waals surface area contributed by atoms with E-state index in [1.807, 2.05) is 48.9 Å². The van der Waals surface area contributed by atoms with Crippen LogP contribution in [0.1, 0.15) is 26.7 Å². The Balaban J connectivity index is 0.00000312. The van der Waals surface area contributed by atoms with E-state index < -0.39 is 5.41 Å². The van der Waals surface area contributed by atoms with Crippen LogP contribution >= 0.6 is 12.4 Å². The van der Waals surface area contributed by atoms with Crippen molar-refractivity contribution in [3.8, 4) is 0 Å². The third-order valence-electron chi connectivity index (χ3n) is 4.85. The number of hydrogen-bond donors (Lipinski definition) is 3. The van der Waals surface area contributed by atoms with Gasteiger partial charge in [-0.15, -0.1) is 12.4 Å². The number of nitrogens with zero attached hydrogens (tertiary/aromatic N) is 1. The zero-order valence-electron chi connectivity index (χ0n) is 15.0. The number of nitrogens with two attached hydrogens (primary N) is 1. The number of hydrogen-bond acceptors (Lipinski definition) is 3. The molecule has 25 heavy (non-hydrogen) atoms. The maximum Gasteiger partial charge on any atom is 0.239 e. The molecular formula is C18H27ClN4O2. The quantitative estimate of drug-likeness (QED) is 0.703. The summed E-state index contributed by atoms with van der Waals surface area (Å²) in [5.74, 6) is -0.125. The summed E-state index contributed by atoms with van der Waals surface area (Å²) >= 11 is 0. The molecule has 0 radical (unpaired) electrons. The second kappa shape index (κ2) is 8.87. The molecule has 0 saturated heterocycles. The van der Waals surface area contributed by atoms with Gasteiger partial charge in [0.25, 0.3) is 0 Å².